The lowest BCUT2D eigenvalue weighted by atomic mass is 9.98. The first kappa shape index (κ1) is 32.3. The first-order chi connectivity index (χ1) is 23.2. The highest BCUT2D eigenvalue weighted by molar-refractivity contribution is 7.98. The number of rotatable bonds is 3. The molecular formula is C36H37ClN6O4S. The Bertz CT molecular complexity index is 2180. The molecule has 0 saturated heterocycles. The Labute approximate surface area is 287 Å². The number of thioether (sulfide) groups is 1. The van der Waals surface area contributed by atoms with Crippen LogP contribution in [0.4, 0.5) is 0 Å². The molecule has 3 aromatic heterocycles. The van der Waals surface area contributed by atoms with Crippen LogP contribution in [0.5, 0.6) is 5.75 Å². The fourth-order valence-electron chi connectivity index (χ4n) is 6.88. The molecule has 0 aliphatic carbocycles. The van der Waals surface area contributed by atoms with Gasteiger partial charge in [0.15, 0.2) is 0 Å². The van der Waals surface area contributed by atoms with Crippen molar-refractivity contribution in [2.45, 2.75) is 50.0 Å². The summed E-state index contributed by atoms with van der Waals surface area (Å²) < 4.78 is 11.9. The van der Waals surface area contributed by atoms with Crippen LogP contribution >= 0.6 is 23.4 Å². The molecule has 0 amide bonds. The quantitative estimate of drug-likeness (QED) is 0.194. The van der Waals surface area contributed by atoms with Gasteiger partial charge in [-0.2, -0.15) is 10.2 Å². The van der Waals surface area contributed by atoms with Crippen LogP contribution in [0.3, 0.4) is 0 Å². The van der Waals surface area contributed by atoms with E-state index in [1.165, 1.54) is 0 Å². The molecule has 248 valence electrons. The number of fused-ring (bicyclic) bond motifs is 8. The SMILES string of the molecule is Cc1c2c(nn1CCO)CNCc1cc(n(C)n1)CSc1cc(c3ccccc3c1)OCCCc1c(C(=O)O)n(C)c3c-2c(Cl)ccc13. The third kappa shape index (κ3) is 5.85. The predicted octanol–water partition coefficient (Wildman–Crippen LogP) is 6.49. The van der Waals surface area contributed by atoms with Crippen LogP contribution < -0.4 is 10.1 Å². The van der Waals surface area contributed by atoms with Gasteiger partial charge in [-0.1, -0.05) is 41.9 Å². The second-order valence-electron chi connectivity index (χ2n) is 12.1. The fourth-order valence-corrected chi connectivity index (χ4v) is 8.11. The largest absolute Gasteiger partial charge is 0.493 e. The molecule has 0 unspecified atom stereocenters. The van der Waals surface area contributed by atoms with Crippen molar-refractivity contribution in [3.8, 4) is 16.9 Å². The summed E-state index contributed by atoms with van der Waals surface area (Å²) in [5.41, 5.74) is 6.88. The molecule has 6 aromatic rings. The Morgan fingerprint density at radius 2 is 1.90 bits per heavy atom. The molecule has 0 atom stereocenters. The van der Waals surface area contributed by atoms with E-state index < -0.39 is 5.97 Å². The second-order valence-corrected chi connectivity index (χ2v) is 13.6. The topological polar surface area (TPSA) is 119 Å². The number of ether oxygens (including phenoxy) is 1. The van der Waals surface area contributed by atoms with Crippen molar-refractivity contribution in [2.75, 3.05) is 13.2 Å². The Morgan fingerprint density at radius 3 is 2.71 bits per heavy atom. The summed E-state index contributed by atoms with van der Waals surface area (Å²) in [7, 11) is 3.75. The van der Waals surface area contributed by atoms with E-state index in [-0.39, 0.29) is 12.3 Å². The monoisotopic (exact) mass is 684 g/mol. The van der Waals surface area contributed by atoms with Crippen molar-refractivity contribution in [1.29, 1.82) is 0 Å². The molecule has 0 spiro atoms. The van der Waals surface area contributed by atoms with Crippen LogP contribution in [0.2, 0.25) is 5.02 Å². The van der Waals surface area contributed by atoms with Crippen LogP contribution in [0, 0.1) is 6.92 Å². The third-order valence-electron chi connectivity index (χ3n) is 9.09. The minimum absolute atomic E-state index is 0.0690. The van der Waals surface area contributed by atoms with Gasteiger partial charge in [-0.05, 0) is 55.0 Å². The van der Waals surface area contributed by atoms with Crippen molar-refractivity contribution in [3.05, 3.63) is 93.7 Å². The maximum Gasteiger partial charge on any atom is 0.352 e. The number of carbonyl (C=O) groups is 1. The number of hydrogen-bond acceptors (Lipinski definition) is 7. The molecule has 8 bridgehead atoms. The summed E-state index contributed by atoms with van der Waals surface area (Å²) in [6, 6.07) is 18.4. The summed E-state index contributed by atoms with van der Waals surface area (Å²) in [6.45, 7) is 3.57. The summed E-state index contributed by atoms with van der Waals surface area (Å²) in [5.74, 6) is 0.554. The van der Waals surface area contributed by atoms with Gasteiger partial charge in [-0.25, -0.2) is 4.79 Å². The molecule has 3 aromatic carbocycles. The minimum atomic E-state index is -0.999. The summed E-state index contributed by atoms with van der Waals surface area (Å²) in [6.07, 6.45) is 1.12. The number of aryl methyl sites for hydroxylation is 3. The normalized spacial score (nSPS) is 14.2. The lowest BCUT2D eigenvalue weighted by Gasteiger charge is -2.12. The Balaban J connectivity index is 1.37. The number of nitrogens with zero attached hydrogens (tertiary/aromatic N) is 5. The van der Waals surface area contributed by atoms with Gasteiger partial charge in [0.25, 0.3) is 0 Å². The highest BCUT2D eigenvalue weighted by Gasteiger charge is 2.27. The fraction of sp³-hybridized carbons (Fsp3) is 0.306. The molecule has 12 heteroatoms. The number of hydrogen-bond donors (Lipinski definition) is 3. The zero-order valence-electron chi connectivity index (χ0n) is 27.1. The molecule has 0 fully saturated rings. The Hall–Kier alpha value is -4.29. The van der Waals surface area contributed by atoms with Crippen molar-refractivity contribution in [1.82, 2.24) is 29.4 Å². The molecule has 1 aliphatic heterocycles. The first-order valence-corrected chi connectivity index (χ1v) is 17.3. The summed E-state index contributed by atoms with van der Waals surface area (Å²) in [4.78, 5) is 13.9. The van der Waals surface area contributed by atoms with Crippen LogP contribution in [0.1, 0.15) is 45.2 Å². The van der Waals surface area contributed by atoms with Gasteiger partial charge in [0.05, 0.1) is 41.7 Å². The number of aromatic carboxylic acids is 1. The number of aliphatic hydroxyl groups is 1. The molecule has 48 heavy (non-hydrogen) atoms. The third-order valence-corrected chi connectivity index (χ3v) is 10.4. The minimum Gasteiger partial charge on any atom is -0.493 e. The number of benzene rings is 3. The predicted molar refractivity (Wildman–Crippen MR) is 189 cm³/mol. The lowest BCUT2D eigenvalue weighted by molar-refractivity contribution is 0.0685. The van der Waals surface area contributed by atoms with E-state index in [1.54, 1.807) is 28.1 Å². The summed E-state index contributed by atoms with van der Waals surface area (Å²) in [5, 5.41) is 36.9. The Morgan fingerprint density at radius 1 is 1.06 bits per heavy atom. The molecule has 1 aliphatic rings. The van der Waals surface area contributed by atoms with Gasteiger partial charge in [-0.3, -0.25) is 9.36 Å². The average molecular weight is 685 g/mol. The Kier molecular flexibility index (Phi) is 8.95. The standard InChI is InChI=1S/C36H37ClN6O4S/c1-21-32-30(40-43(21)12-13-44)19-38-18-23-16-24(42(3)39-23)20-48-25-15-22-7-4-5-8-26(22)31(17-25)47-14-6-9-27-28-10-11-29(37)33(32)34(28)41(2)35(27)36(45)46/h4-5,7-8,10-11,15-17,38,44H,6,9,12-14,18-20H2,1-3H3,(H,45,46). The highest BCUT2D eigenvalue weighted by Crippen LogP contribution is 2.42. The van der Waals surface area contributed by atoms with Crippen molar-refractivity contribution < 1.29 is 19.7 Å². The number of carboxylic acids is 1. The molecule has 10 nitrogen and oxygen atoms in total. The van der Waals surface area contributed by atoms with E-state index >= 15 is 0 Å². The van der Waals surface area contributed by atoms with E-state index in [0.29, 0.717) is 44.1 Å². The molecule has 7 rings (SSSR count). The number of carboxylic acid groups (broad SMARTS) is 1. The van der Waals surface area contributed by atoms with E-state index in [2.05, 4.69) is 35.6 Å². The molecule has 4 heterocycles. The van der Waals surface area contributed by atoms with Gasteiger partial charge >= 0.3 is 5.97 Å². The number of halogens is 1. The van der Waals surface area contributed by atoms with Crippen molar-refractivity contribution in [2.24, 2.45) is 14.1 Å². The molecule has 0 radical (unpaired) electrons. The lowest BCUT2D eigenvalue weighted by Crippen LogP contribution is -2.15. The summed E-state index contributed by atoms with van der Waals surface area (Å²) >= 11 is 8.73. The maximum atomic E-state index is 12.8. The highest BCUT2D eigenvalue weighted by atomic mass is 35.5. The number of aromatic nitrogens is 5. The van der Waals surface area contributed by atoms with Gasteiger partial charge in [0, 0.05) is 71.1 Å². The number of aliphatic hydroxyl groups excluding tert-OH is 1. The average Bonchev–Trinajstić information content (AvgIpc) is 3.67. The van der Waals surface area contributed by atoms with Crippen molar-refractivity contribution >= 4 is 51.0 Å². The molecule has 3 N–H and O–H groups in total. The van der Waals surface area contributed by atoms with Gasteiger partial charge < -0.3 is 24.8 Å². The number of nitrogens with one attached hydrogen (secondary N) is 1. The maximum absolute atomic E-state index is 12.8. The van der Waals surface area contributed by atoms with Crippen LogP contribution in [-0.2, 0) is 45.9 Å². The van der Waals surface area contributed by atoms with E-state index in [0.717, 1.165) is 77.5 Å². The van der Waals surface area contributed by atoms with Crippen LogP contribution in [0.25, 0.3) is 32.8 Å². The molecule has 0 saturated carbocycles. The molecular weight excluding hydrogens is 648 g/mol. The zero-order valence-corrected chi connectivity index (χ0v) is 28.7. The van der Waals surface area contributed by atoms with Crippen molar-refractivity contribution in [3.63, 3.8) is 0 Å². The van der Waals surface area contributed by atoms with Gasteiger partial charge in [0.2, 0.25) is 0 Å². The van der Waals surface area contributed by atoms with E-state index in [9.17, 15) is 15.0 Å². The van der Waals surface area contributed by atoms with Crippen LogP contribution in [-0.4, -0.2) is 53.5 Å². The zero-order chi connectivity index (χ0) is 33.5. The van der Waals surface area contributed by atoms with E-state index in [1.807, 2.05) is 42.9 Å². The smallest absolute Gasteiger partial charge is 0.352 e. The van der Waals surface area contributed by atoms with Gasteiger partial charge in [-0.15, -0.1) is 11.8 Å². The van der Waals surface area contributed by atoms with Gasteiger partial charge in [0.1, 0.15) is 11.4 Å². The van der Waals surface area contributed by atoms with Crippen LogP contribution in [0.15, 0.2) is 59.5 Å². The second kappa shape index (κ2) is 13.3. The van der Waals surface area contributed by atoms with E-state index in [4.69, 9.17) is 26.5 Å². The first-order valence-electron chi connectivity index (χ1n) is 16.0.